The Kier molecular flexibility index (Phi) is 4.34. The largest absolute Gasteiger partial charge is 0.349 e. The molecule has 2 aromatic carbocycles. The molecule has 0 bridgehead atoms. The van der Waals surface area contributed by atoms with Gasteiger partial charge in [-0.1, -0.05) is 42.5 Å². The van der Waals surface area contributed by atoms with Gasteiger partial charge in [-0.15, -0.1) is 0 Å². The van der Waals surface area contributed by atoms with E-state index in [0.29, 0.717) is 16.8 Å². The number of para-hydroxylation sites is 1. The Morgan fingerprint density at radius 1 is 1.00 bits per heavy atom. The standard InChI is InChI=1S/C17H18N2O3S/c20-17(18-14-10-11-14)15-8-4-5-9-16(15)19-23(21,22)12-13-6-2-1-3-7-13/h1-9,14,19H,10-12H2,(H,18,20). The van der Waals surface area contributed by atoms with Crippen molar-refractivity contribution in [2.24, 2.45) is 0 Å². The summed E-state index contributed by atoms with van der Waals surface area (Å²) in [6.07, 6.45) is 1.96. The van der Waals surface area contributed by atoms with Crippen LogP contribution in [0, 0.1) is 0 Å². The van der Waals surface area contributed by atoms with Gasteiger partial charge in [0.1, 0.15) is 0 Å². The zero-order valence-corrected chi connectivity index (χ0v) is 13.3. The summed E-state index contributed by atoms with van der Waals surface area (Å²) in [7, 11) is -3.59. The molecule has 120 valence electrons. The van der Waals surface area contributed by atoms with Crippen molar-refractivity contribution in [1.29, 1.82) is 0 Å². The lowest BCUT2D eigenvalue weighted by Crippen LogP contribution is -2.27. The topological polar surface area (TPSA) is 75.3 Å². The highest BCUT2D eigenvalue weighted by Crippen LogP contribution is 2.22. The number of carbonyl (C=O) groups excluding carboxylic acids is 1. The van der Waals surface area contributed by atoms with Crippen LogP contribution in [0.2, 0.25) is 0 Å². The molecule has 1 fully saturated rings. The molecule has 5 nitrogen and oxygen atoms in total. The van der Waals surface area contributed by atoms with Gasteiger partial charge in [-0.05, 0) is 30.5 Å². The Balaban J connectivity index is 1.77. The van der Waals surface area contributed by atoms with Gasteiger partial charge in [-0.3, -0.25) is 9.52 Å². The summed E-state index contributed by atoms with van der Waals surface area (Å²) in [5.41, 5.74) is 1.34. The van der Waals surface area contributed by atoms with Crippen molar-refractivity contribution in [3.05, 3.63) is 65.7 Å². The third-order valence-electron chi connectivity index (χ3n) is 3.55. The van der Waals surface area contributed by atoms with E-state index in [1.54, 1.807) is 48.5 Å². The Morgan fingerprint density at radius 3 is 2.35 bits per heavy atom. The maximum absolute atomic E-state index is 12.3. The first-order valence-corrected chi connectivity index (χ1v) is 9.13. The molecule has 1 aliphatic carbocycles. The number of carbonyl (C=O) groups is 1. The molecular weight excluding hydrogens is 312 g/mol. The second kappa shape index (κ2) is 6.42. The van der Waals surface area contributed by atoms with Gasteiger partial charge in [0.2, 0.25) is 10.0 Å². The number of benzene rings is 2. The second-order valence-corrected chi connectivity index (χ2v) is 7.36. The molecule has 0 heterocycles. The zero-order chi connectivity index (χ0) is 16.3. The van der Waals surface area contributed by atoms with E-state index in [-0.39, 0.29) is 17.7 Å². The summed E-state index contributed by atoms with van der Waals surface area (Å²) in [4.78, 5) is 12.2. The van der Waals surface area contributed by atoms with Crippen LogP contribution >= 0.6 is 0 Å². The first kappa shape index (κ1) is 15.6. The van der Waals surface area contributed by atoms with Crippen LogP contribution in [0.5, 0.6) is 0 Å². The van der Waals surface area contributed by atoms with Gasteiger partial charge >= 0.3 is 0 Å². The number of nitrogens with one attached hydrogen (secondary N) is 2. The first-order valence-electron chi connectivity index (χ1n) is 7.48. The predicted molar refractivity (Wildman–Crippen MR) is 89.6 cm³/mol. The van der Waals surface area contributed by atoms with Gasteiger partial charge in [0, 0.05) is 6.04 Å². The molecule has 0 saturated heterocycles. The molecule has 3 rings (SSSR count). The fraction of sp³-hybridized carbons (Fsp3) is 0.235. The van der Waals surface area contributed by atoms with Crippen molar-refractivity contribution >= 4 is 21.6 Å². The number of rotatable bonds is 6. The molecule has 1 saturated carbocycles. The third-order valence-corrected chi connectivity index (χ3v) is 4.79. The molecule has 0 aliphatic heterocycles. The lowest BCUT2D eigenvalue weighted by Gasteiger charge is -2.12. The molecule has 2 aromatic rings. The minimum absolute atomic E-state index is 0.133. The zero-order valence-electron chi connectivity index (χ0n) is 12.5. The summed E-state index contributed by atoms with van der Waals surface area (Å²) in [5, 5.41) is 2.87. The highest BCUT2D eigenvalue weighted by Gasteiger charge is 2.25. The van der Waals surface area contributed by atoms with Gasteiger partial charge in [0.05, 0.1) is 17.0 Å². The van der Waals surface area contributed by atoms with Gasteiger partial charge in [0.25, 0.3) is 5.91 Å². The van der Waals surface area contributed by atoms with Gasteiger partial charge in [-0.25, -0.2) is 8.42 Å². The molecule has 1 amide bonds. The summed E-state index contributed by atoms with van der Waals surface area (Å²) in [6.45, 7) is 0. The van der Waals surface area contributed by atoms with Gasteiger partial charge < -0.3 is 5.32 Å². The summed E-state index contributed by atoms with van der Waals surface area (Å²) in [5.74, 6) is -0.377. The van der Waals surface area contributed by atoms with Crippen molar-refractivity contribution in [3.8, 4) is 0 Å². The average molecular weight is 330 g/mol. The maximum Gasteiger partial charge on any atom is 0.253 e. The quantitative estimate of drug-likeness (QED) is 0.854. The highest BCUT2D eigenvalue weighted by molar-refractivity contribution is 7.91. The molecular formula is C17H18N2O3S. The van der Waals surface area contributed by atoms with E-state index in [0.717, 1.165) is 12.8 Å². The Morgan fingerprint density at radius 2 is 1.65 bits per heavy atom. The molecule has 0 unspecified atom stereocenters. The minimum Gasteiger partial charge on any atom is -0.349 e. The second-order valence-electron chi connectivity index (χ2n) is 5.64. The molecule has 1 aliphatic rings. The third kappa shape index (κ3) is 4.32. The smallest absolute Gasteiger partial charge is 0.253 e. The molecule has 0 spiro atoms. The molecule has 0 radical (unpaired) electrons. The lowest BCUT2D eigenvalue weighted by atomic mass is 10.1. The van der Waals surface area contributed by atoms with Crippen LogP contribution in [-0.2, 0) is 15.8 Å². The Bertz CT molecular complexity index is 800. The van der Waals surface area contributed by atoms with E-state index >= 15 is 0 Å². The van der Waals surface area contributed by atoms with E-state index in [9.17, 15) is 13.2 Å². The normalized spacial score (nSPS) is 14.3. The van der Waals surface area contributed by atoms with Crippen molar-refractivity contribution in [1.82, 2.24) is 5.32 Å². The van der Waals surface area contributed by atoms with E-state index in [2.05, 4.69) is 10.0 Å². The molecule has 0 atom stereocenters. The lowest BCUT2D eigenvalue weighted by molar-refractivity contribution is 0.0952. The van der Waals surface area contributed by atoms with Crippen LogP contribution in [0.25, 0.3) is 0 Å². The van der Waals surface area contributed by atoms with E-state index in [1.165, 1.54) is 0 Å². The number of sulfonamides is 1. The van der Waals surface area contributed by atoms with Crippen LogP contribution in [0.4, 0.5) is 5.69 Å². The van der Waals surface area contributed by atoms with Crippen LogP contribution in [0.1, 0.15) is 28.8 Å². The number of amides is 1. The summed E-state index contributed by atoms with van der Waals surface area (Å²) in [6, 6.07) is 15.8. The van der Waals surface area contributed by atoms with Crippen LogP contribution in [0.3, 0.4) is 0 Å². The van der Waals surface area contributed by atoms with Crippen molar-refractivity contribution in [2.75, 3.05) is 4.72 Å². The van der Waals surface area contributed by atoms with Crippen LogP contribution < -0.4 is 10.0 Å². The predicted octanol–water partition coefficient (Wildman–Crippen LogP) is 2.52. The van der Waals surface area contributed by atoms with Crippen LogP contribution in [0.15, 0.2) is 54.6 Å². The number of anilines is 1. The first-order chi connectivity index (χ1) is 11.0. The fourth-order valence-electron chi connectivity index (χ4n) is 2.26. The van der Waals surface area contributed by atoms with Crippen molar-refractivity contribution in [2.45, 2.75) is 24.6 Å². The number of hydrogen-bond acceptors (Lipinski definition) is 3. The molecule has 2 N–H and O–H groups in total. The monoisotopic (exact) mass is 330 g/mol. The highest BCUT2D eigenvalue weighted by atomic mass is 32.2. The van der Waals surface area contributed by atoms with Gasteiger partial charge in [-0.2, -0.15) is 0 Å². The molecule has 23 heavy (non-hydrogen) atoms. The maximum atomic E-state index is 12.3. The fourth-order valence-corrected chi connectivity index (χ4v) is 3.47. The van der Waals surface area contributed by atoms with Crippen molar-refractivity contribution in [3.63, 3.8) is 0 Å². The van der Waals surface area contributed by atoms with E-state index in [1.807, 2.05) is 6.07 Å². The van der Waals surface area contributed by atoms with E-state index < -0.39 is 10.0 Å². The Labute approximate surface area is 135 Å². The Hall–Kier alpha value is -2.34. The average Bonchev–Trinajstić information content (AvgIpc) is 3.31. The minimum atomic E-state index is -3.59. The molecule has 6 heteroatoms. The molecule has 0 aromatic heterocycles. The van der Waals surface area contributed by atoms with E-state index in [4.69, 9.17) is 0 Å². The van der Waals surface area contributed by atoms with Gasteiger partial charge in [0.15, 0.2) is 0 Å². The summed E-state index contributed by atoms with van der Waals surface area (Å²) < 4.78 is 27.2. The van der Waals surface area contributed by atoms with Crippen molar-refractivity contribution < 1.29 is 13.2 Å². The SMILES string of the molecule is O=C(NC1CC1)c1ccccc1NS(=O)(=O)Cc1ccccc1. The number of hydrogen-bond donors (Lipinski definition) is 2. The van der Waals surface area contributed by atoms with Crippen LogP contribution in [-0.4, -0.2) is 20.4 Å². The summed E-state index contributed by atoms with van der Waals surface area (Å²) >= 11 is 0.